The standard InChI is InChI=1S/C26H28ClNO4/c1-5-7-18-8-6-9-20(12-18)26(29)32-24(14-21-17(2)15-28-16-22(21)27)19-10-11-23(30-3)25(13-19)31-4/h6,8-13,15-16,24H,5,7,14H2,1-4H3/p+1/t24-/m0/s1. The van der Waals surface area contributed by atoms with E-state index in [2.05, 4.69) is 11.9 Å². The summed E-state index contributed by atoms with van der Waals surface area (Å²) in [6.07, 6.45) is 5.39. The minimum Gasteiger partial charge on any atom is -0.493 e. The highest BCUT2D eigenvalue weighted by molar-refractivity contribution is 6.31. The van der Waals surface area contributed by atoms with Crippen molar-refractivity contribution in [3.63, 3.8) is 0 Å². The number of carbonyl (C=O) groups excluding carboxylic acids is 1. The van der Waals surface area contributed by atoms with E-state index in [0.717, 1.165) is 35.1 Å². The second kappa shape index (κ2) is 11.0. The first kappa shape index (κ1) is 23.6. The van der Waals surface area contributed by atoms with E-state index in [-0.39, 0.29) is 5.97 Å². The zero-order valence-electron chi connectivity index (χ0n) is 18.9. The van der Waals surface area contributed by atoms with E-state index in [9.17, 15) is 4.79 Å². The maximum absolute atomic E-state index is 13.1. The fraction of sp³-hybridized carbons (Fsp3) is 0.308. The number of aromatic nitrogens is 1. The lowest BCUT2D eigenvalue weighted by Gasteiger charge is -2.21. The van der Waals surface area contributed by atoms with Gasteiger partial charge in [0.05, 0.1) is 19.8 Å². The molecule has 6 heteroatoms. The van der Waals surface area contributed by atoms with Crippen LogP contribution in [0.1, 0.15) is 52.1 Å². The molecule has 0 amide bonds. The zero-order chi connectivity index (χ0) is 23.1. The Balaban J connectivity index is 1.97. The van der Waals surface area contributed by atoms with Crippen LogP contribution in [0.15, 0.2) is 54.9 Å². The summed E-state index contributed by atoms with van der Waals surface area (Å²) in [7, 11) is 3.16. The molecule has 0 fully saturated rings. The van der Waals surface area contributed by atoms with Crippen LogP contribution >= 0.6 is 11.6 Å². The first-order valence-electron chi connectivity index (χ1n) is 10.6. The van der Waals surface area contributed by atoms with Gasteiger partial charge in [-0.25, -0.2) is 9.78 Å². The van der Waals surface area contributed by atoms with Crippen molar-refractivity contribution in [1.82, 2.24) is 0 Å². The summed E-state index contributed by atoms with van der Waals surface area (Å²) in [5.74, 6) is 0.802. The predicted molar refractivity (Wildman–Crippen MR) is 125 cm³/mol. The molecule has 1 atom stereocenters. The summed E-state index contributed by atoms with van der Waals surface area (Å²) >= 11 is 6.46. The average Bonchev–Trinajstić information content (AvgIpc) is 2.80. The van der Waals surface area contributed by atoms with Crippen molar-refractivity contribution in [3.05, 3.63) is 87.7 Å². The molecular weight excluding hydrogens is 426 g/mol. The monoisotopic (exact) mass is 454 g/mol. The fourth-order valence-electron chi connectivity index (χ4n) is 3.67. The van der Waals surface area contributed by atoms with E-state index in [1.54, 1.807) is 26.5 Å². The Kier molecular flexibility index (Phi) is 8.12. The minimum atomic E-state index is -0.560. The summed E-state index contributed by atoms with van der Waals surface area (Å²) in [5.41, 5.74) is 4.35. The third kappa shape index (κ3) is 5.60. The Bertz CT molecular complexity index is 1060. The van der Waals surface area contributed by atoms with Crippen molar-refractivity contribution >= 4 is 17.6 Å². The lowest BCUT2D eigenvalue weighted by Crippen LogP contribution is -2.16. The van der Waals surface area contributed by atoms with Crippen LogP contribution in [0.5, 0.6) is 11.5 Å². The van der Waals surface area contributed by atoms with Gasteiger partial charge in [0.1, 0.15) is 11.1 Å². The van der Waals surface area contributed by atoms with Crippen LogP contribution in [0.2, 0.25) is 5.02 Å². The first-order chi connectivity index (χ1) is 15.5. The number of ether oxygens (including phenoxy) is 3. The van der Waals surface area contributed by atoms with Crippen LogP contribution in [0.4, 0.5) is 0 Å². The lowest BCUT2D eigenvalue weighted by atomic mass is 9.98. The normalized spacial score (nSPS) is 11.7. The highest BCUT2D eigenvalue weighted by Gasteiger charge is 2.23. The van der Waals surface area contributed by atoms with Crippen molar-refractivity contribution in [3.8, 4) is 11.5 Å². The molecule has 32 heavy (non-hydrogen) atoms. The van der Waals surface area contributed by atoms with Crippen LogP contribution in [-0.4, -0.2) is 20.2 Å². The van der Waals surface area contributed by atoms with Crippen molar-refractivity contribution in [1.29, 1.82) is 0 Å². The van der Waals surface area contributed by atoms with E-state index in [1.165, 1.54) is 0 Å². The third-order valence-corrected chi connectivity index (χ3v) is 5.73. The summed E-state index contributed by atoms with van der Waals surface area (Å²) in [4.78, 5) is 16.1. The maximum atomic E-state index is 13.1. The number of nitrogens with one attached hydrogen (secondary N) is 1. The molecule has 0 aliphatic carbocycles. The maximum Gasteiger partial charge on any atom is 0.338 e. The smallest absolute Gasteiger partial charge is 0.338 e. The summed E-state index contributed by atoms with van der Waals surface area (Å²) in [5, 5.41) is 0.594. The number of pyridine rings is 1. The molecule has 0 aliphatic heterocycles. The number of benzene rings is 2. The van der Waals surface area contributed by atoms with Gasteiger partial charge in [-0.3, -0.25) is 0 Å². The number of esters is 1. The molecule has 1 N–H and O–H groups in total. The molecule has 5 nitrogen and oxygen atoms in total. The van der Waals surface area contributed by atoms with Crippen LogP contribution in [0.25, 0.3) is 0 Å². The Morgan fingerprint density at radius 2 is 1.84 bits per heavy atom. The van der Waals surface area contributed by atoms with E-state index in [0.29, 0.717) is 28.5 Å². The highest BCUT2D eigenvalue weighted by atomic mass is 35.5. The number of methoxy groups -OCH3 is 2. The average molecular weight is 455 g/mol. The van der Waals surface area contributed by atoms with Gasteiger partial charge in [0.15, 0.2) is 23.9 Å². The molecule has 0 aliphatic rings. The number of H-pyrrole nitrogens is 1. The number of aromatic amines is 1. The second-order valence-corrected chi connectivity index (χ2v) is 8.03. The molecule has 1 heterocycles. The molecule has 0 saturated heterocycles. The fourth-order valence-corrected chi connectivity index (χ4v) is 3.96. The van der Waals surface area contributed by atoms with Gasteiger partial charge in [0, 0.05) is 12.0 Å². The van der Waals surface area contributed by atoms with Crippen LogP contribution in [0.3, 0.4) is 0 Å². The largest absolute Gasteiger partial charge is 0.493 e. The van der Waals surface area contributed by atoms with E-state index < -0.39 is 6.10 Å². The zero-order valence-corrected chi connectivity index (χ0v) is 19.7. The second-order valence-electron chi connectivity index (χ2n) is 7.63. The molecule has 168 valence electrons. The van der Waals surface area contributed by atoms with Crippen LogP contribution in [-0.2, 0) is 17.6 Å². The van der Waals surface area contributed by atoms with E-state index >= 15 is 0 Å². The summed E-state index contributed by atoms with van der Waals surface area (Å²) in [6, 6.07) is 13.1. The molecule has 0 bridgehead atoms. The van der Waals surface area contributed by atoms with Gasteiger partial charge >= 0.3 is 5.97 Å². The predicted octanol–water partition coefficient (Wildman–Crippen LogP) is 5.57. The van der Waals surface area contributed by atoms with Gasteiger partial charge in [-0.05, 0) is 54.3 Å². The number of hydrogen-bond acceptors (Lipinski definition) is 4. The molecule has 1 aromatic heterocycles. The number of carbonyl (C=O) groups is 1. The number of rotatable bonds is 9. The summed E-state index contributed by atoms with van der Waals surface area (Å²) in [6.45, 7) is 4.08. The first-order valence-corrected chi connectivity index (χ1v) is 11.0. The highest BCUT2D eigenvalue weighted by Crippen LogP contribution is 2.34. The topological polar surface area (TPSA) is 58.9 Å². The van der Waals surface area contributed by atoms with Crippen LogP contribution in [0, 0.1) is 6.92 Å². The Labute approximate surface area is 194 Å². The van der Waals surface area contributed by atoms with Gasteiger partial charge in [-0.1, -0.05) is 43.1 Å². The number of aryl methyl sites for hydroxylation is 2. The van der Waals surface area contributed by atoms with Crippen molar-refractivity contribution in [2.24, 2.45) is 0 Å². The molecule has 3 aromatic rings. The molecule has 0 spiro atoms. The Hall–Kier alpha value is -3.05. The van der Waals surface area contributed by atoms with Gasteiger partial charge in [0.25, 0.3) is 0 Å². The minimum absolute atomic E-state index is 0.376. The molecule has 2 aromatic carbocycles. The van der Waals surface area contributed by atoms with E-state index in [1.807, 2.05) is 49.5 Å². The van der Waals surface area contributed by atoms with Crippen molar-refractivity contribution < 1.29 is 24.0 Å². The van der Waals surface area contributed by atoms with Gasteiger partial charge in [-0.15, -0.1) is 0 Å². The Morgan fingerprint density at radius 3 is 2.53 bits per heavy atom. The molecule has 3 rings (SSSR count). The van der Waals surface area contributed by atoms with Gasteiger partial charge in [0.2, 0.25) is 0 Å². The molecule has 0 radical (unpaired) electrons. The van der Waals surface area contributed by atoms with E-state index in [4.69, 9.17) is 25.8 Å². The van der Waals surface area contributed by atoms with Gasteiger partial charge < -0.3 is 14.2 Å². The lowest BCUT2D eigenvalue weighted by molar-refractivity contribution is -0.378. The summed E-state index contributed by atoms with van der Waals surface area (Å²) < 4.78 is 16.9. The third-order valence-electron chi connectivity index (χ3n) is 5.39. The van der Waals surface area contributed by atoms with Gasteiger partial charge in [-0.2, -0.15) is 0 Å². The molecule has 0 unspecified atom stereocenters. The van der Waals surface area contributed by atoms with Crippen molar-refractivity contribution in [2.45, 2.75) is 39.2 Å². The molecular formula is C26H29ClNO4+. The Morgan fingerprint density at radius 1 is 1.06 bits per heavy atom. The van der Waals surface area contributed by atoms with Crippen molar-refractivity contribution in [2.75, 3.05) is 14.2 Å². The van der Waals surface area contributed by atoms with Crippen LogP contribution < -0.4 is 14.5 Å². The molecule has 0 saturated carbocycles. The quantitative estimate of drug-likeness (QED) is 0.396. The number of halogens is 1. The SMILES string of the molecule is CCCc1cccc(C(=O)O[C@@H](Cc2c(C)c[nH+]cc2Cl)c2ccc(OC)c(OC)c2)c1. The number of hydrogen-bond donors (Lipinski definition) is 0.